The second-order valence-corrected chi connectivity index (χ2v) is 11.8. The Morgan fingerprint density at radius 3 is 2.38 bits per heavy atom. The number of piperidine rings is 1. The molecular weight excluding hydrogens is 481 g/mol. The molecule has 0 N–H and O–H groups in total. The quantitative estimate of drug-likeness (QED) is 0.426. The molecule has 4 nitrogen and oxygen atoms in total. The third-order valence-electron chi connectivity index (χ3n) is 7.97. The molecule has 3 aromatic carbocycles. The van der Waals surface area contributed by atoms with Crippen LogP contribution >= 0.6 is 11.8 Å². The van der Waals surface area contributed by atoms with Crippen LogP contribution in [-0.4, -0.2) is 78.6 Å². The van der Waals surface area contributed by atoms with Gasteiger partial charge < -0.3 is 9.80 Å². The summed E-state index contributed by atoms with van der Waals surface area (Å²) in [6.07, 6.45) is 3.32. The molecule has 0 bridgehead atoms. The fraction of sp³-hybridized carbons (Fsp3) is 0.452. The van der Waals surface area contributed by atoms with Gasteiger partial charge in [-0.25, -0.2) is 4.39 Å². The van der Waals surface area contributed by atoms with Crippen molar-refractivity contribution in [1.29, 1.82) is 0 Å². The van der Waals surface area contributed by atoms with E-state index in [-0.39, 0.29) is 11.7 Å². The van der Waals surface area contributed by atoms with E-state index < -0.39 is 0 Å². The summed E-state index contributed by atoms with van der Waals surface area (Å²) in [4.78, 5) is 20.1. The first kappa shape index (κ1) is 26.2. The van der Waals surface area contributed by atoms with E-state index in [4.69, 9.17) is 0 Å². The molecule has 0 saturated carbocycles. The maximum absolute atomic E-state index is 13.2. The number of benzene rings is 3. The van der Waals surface area contributed by atoms with E-state index in [2.05, 4.69) is 29.0 Å². The summed E-state index contributed by atoms with van der Waals surface area (Å²) in [5.74, 6) is 3.64. The Labute approximate surface area is 224 Å². The van der Waals surface area contributed by atoms with Crippen molar-refractivity contribution < 1.29 is 9.18 Å². The molecule has 1 amide bonds. The molecule has 3 aliphatic rings. The highest BCUT2D eigenvalue weighted by Crippen LogP contribution is 2.30. The van der Waals surface area contributed by atoms with Gasteiger partial charge in [0.15, 0.2) is 0 Å². The number of fused-ring (bicyclic) bond motifs is 1. The van der Waals surface area contributed by atoms with Crippen LogP contribution in [0.2, 0.25) is 0 Å². The van der Waals surface area contributed by atoms with Crippen LogP contribution in [0.5, 0.6) is 0 Å². The van der Waals surface area contributed by atoms with Gasteiger partial charge in [0.25, 0.3) is 5.91 Å². The summed E-state index contributed by atoms with van der Waals surface area (Å²) in [5.41, 5.74) is 2.08. The number of rotatable bonds is 4. The van der Waals surface area contributed by atoms with Gasteiger partial charge >= 0.3 is 0 Å². The fourth-order valence-electron chi connectivity index (χ4n) is 5.80. The topological polar surface area (TPSA) is 26.8 Å². The first-order chi connectivity index (χ1) is 18.1. The van der Waals surface area contributed by atoms with Crippen molar-refractivity contribution >= 4 is 28.4 Å². The van der Waals surface area contributed by atoms with Gasteiger partial charge in [-0.05, 0) is 85.8 Å². The van der Waals surface area contributed by atoms with Crippen LogP contribution in [0.25, 0.3) is 10.8 Å². The molecule has 6 rings (SSSR count). The average molecular weight is 520 g/mol. The molecule has 3 aromatic rings. The molecule has 3 aliphatic heterocycles. The normalized spacial score (nSPS) is 21.2. The Morgan fingerprint density at radius 1 is 0.919 bits per heavy atom. The first-order valence-corrected chi connectivity index (χ1v) is 14.7. The minimum atomic E-state index is -0.162. The number of carbonyl (C=O) groups excluding carboxylic acids is 1. The monoisotopic (exact) mass is 519 g/mol. The molecule has 3 saturated heterocycles. The SMILES string of the molecule is CN1CCSC1.O=C(c1cccc2ccccc12)N1CCC(CN2CCC(c3ccc(F)cc3)CC2)C1. The number of hydrogen-bond acceptors (Lipinski definition) is 4. The van der Waals surface area contributed by atoms with Gasteiger partial charge in [0.1, 0.15) is 5.82 Å². The molecule has 3 fully saturated rings. The summed E-state index contributed by atoms with van der Waals surface area (Å²) >= 11 is 2.01. The molecule has 1 unspecified atom stereocenters. The zero-order chi connectivity index (χ0) is 25.6. The van der Waals surface area contributed by atoms with E-state index in [1.807, 2.05) is 59.1 Å². The summed E-state index contributed by atoms with van der Waals surface area (Å²) in [5, 5.41) is 2.16. The zero-order valence-corrected chi connectivity index (χ0v) is 22.6. The zero-order valence-electron chi connectivity index (χ0n) is 21.8. The third-order valence-corrected chi connectivity index (χ3v) is 9.06. The Morgan fingerprint density at radius 2 is 1.68 bits per heavy atom. The van der Waals surface area contributed by atoms with Crippen molar-refractivity contribution in [3.8, 4) is 0 Å². The lowest BCUT2D eigenvalue weighted by molar-refractivity contribution is 0.0784. The van der Waals surface area contributed by atoms with Crippen molar-refractivity contribution in [2.45, 2.75) is 25.2 Å². The number of hydrogen-bond donors (Lipinski definition) is 0. The summed E-state index contributed by atoms with van der Waals surface area (Å²) in [6, 6.07) is 21.1. The largest absolute Gasteiger partial charge is 0.338 e. The Hall–Kier alpha value is -2.41. The molecule has 6 heteroatoms. The predicted molar refractivity (Wildman–Crippen MR) is 153 cm³/mol. The van der Waals surface area contributed by atoms with Gasteiger partial charge in [-0.2, -0.15) is 0 Å². The molecular formula is C31H38FN3OS. The van der Waals surface area contributed by atoms with Crippen LogP contribution in [0.4, 0.5) is 4.39 Å². The highest BCUT2D eigenvalue weighted by atomic mass is 32.2. The summed E-state index contributed by atoms with van der Waals surface area (Å²) < 4.78 is 13.2. The summed E-state index contributed by atoms with van der Waals surface area (Å²) in [7, 11) is 2.15. The van der Waals surface area contributed by atoms with Crippen LogP contribution in [0.15, 0.2) is 66.7 Å². The van der Waals surface area contributed by atoms with Gasteiger partial charge in [-0.3, -0.25) is 9.69 Å². The third kappa shape index (κ3) is 6.73. The molecule has 0 aliphatic carbocycles. The molecule has 196 valence electrons. The smallest absolute Gasteiger partial charge is 0.254 e. The number of halogens is 1. The van der Waals surface area contributed by atoms with Crippen LogP contribution in [0, 0.1) is 11.7 Å². The first-order valence-electron chi connectivity index (χ1n) is 13.6. The summed E-state index contributed by atoms with van der Waals surface area (Å²) in [6.45, 7) is 6.20. The highest BCUT2D eigenvalue weighted by Gasteiger charge is 2.30. The van der Waals surface area contributed by atoms with Gasteiger partial charge in [0.2, 0.25) is 0 Å². The van der Waals surface area contributed by atoms with E-state index in [1.165, 1.54) is 23.7 Å². The van der Waals surface area contributed by atoms with Crippen LogP contribution in [0.3, 0.4) is 0 Å². The molecule has 3 heterocycles. The minimum absolute atomic E-state index is 0.161. The second kappa shape index (κ2) is 12.4. The van der Waals surface area contributed by atoms with Gasteiger partial charge in [0, 0.05) is 43.4 Å². The van der Waals surface area contributed by atoms with E-state index in [1.54, 1.807) is 12.1 Å². The number of nitrogens with zero attached hydrogens (tertiary/aromatic N) is 3. The molecule has 0 radical (unpaired) electrons. The highest BCUT2D eigenvalue weighted by molar-refractivity contribution is 7.99. The van der Waals surface area contributed by atoms with Crippen molar-refractivity contribution in [1.82, 2.24) is 14.7 Å². The maximum Gasteiger partial charge on any atom is 0.254 e. The number of likely N-dealkylation sites (tertiary alicyclic amines) is 2. The molecule has 0 aromatic heterocycles. The molecule has 0 spiro atoms. The lowest BCUT2D eigenvalue weighted by Crippen LogP contribution is -2.37. The fourth-order valence-corrected chi connectivity index (χ4v) is 6.81. The van der Waals surface area contributed by atoms with Gasteiger partial charge in [0.05, 0.1) is 0 Å². The van der Waals surface area contributed by atoms with E-state index in [9.17, 15) is 9.18 Å². The standard InChI is InChI=1S/C27H29FN2O.C4H9NS/c28-24-10-8-21(9-11-24)22-13-15-29(16-14-22)18-20-12-17-30(19-20)27(31)26-7-3-5-23-4-1-2-6-25(23)26;1-5-2-3-6-4-5/h1-11,20,22H,12-19H2;2-4H2,1H3. The Kier molecular flexibility index (Phi) is 8.80. The average Bonchev–Trinajstić information content (AvgIpc) is 3.61. The van der Waals surface area contributed by atoms with Crippen LogP contribution in [-0.2, 0) is 0 Å². The van der Waals surface area contributed by atoms with Crippen molar-refractivity contribution in [2.75, 3.05) is 57.9 Å². The van der Waals surface area contributed by atoms with Crippen molar-refractivity contribution in [3.63, 3.8) is 0 Å². The predicted octanol–water partition coefficient (Wildman–Crippen LogP) is 5.94. The minimum Gasteiger partial charge on any atom is -0.338 e. The molecule has 1 atom stereocenters. The van der Waals surface area contributed by atoms with E-state index in [0.717, 1.165) is 68.3 Å². The molecule has 37 heavy (non-hydrogen) atoms. The number of thioether (sulfide) groups is 1. The number of amides is 1. The van der Waals surface area contributed by atoms with E-state index >= 15 is 0 Å². The maximum atomic E-state index is 13.2. The van der Waals surface area contributed by atoms with Crippen LogP contribution in [0.1, 0.15) is 41.1 Å². The van der Waals surface area contributed by atoms with Crippen molar-refractivity contribution in [2.24, 2.45) is 5.92 Å². The van der Waals surface area contributed by atoms with Crippen molar-refractivity contribution in [3.05, 3.63) is 83.7 Å². The Balaban J connectivity index is 0.000000412. The lowest BCUT2D eigenvalue weighted by atomic mass is 9.89. The lowest BCUT2D eigenvalue weighted by Gasteiger charge is -2.33. The van der Waals surface area contributed by atoms with Crippen LogP contribution < -0.4 is 0 Å². The second-order valence-electron chi connectivity index (χ2n) is 10.7. The Bertz CT molecular complexity index is 1170. The van der Waals surface area contributed by atoms with Gasteiger partial charge in [-0.15, -0.1) is 11.8 Å². The van der Waals surface area contributed by atoms with Gasteiger partial charge in [-0.1, -0.05) is 48.5 Å². The van der Waals surface area contributed by atoms with E-state index in [0.29, 0.717) is 11.8 Å². The number of carbonyl (C=O) groups is 1.